The number of ether oxygens (including phenoxy) is 2. The molecular weight excluding hydrogens is 390 g/mol. The lowest BCUT2D eigenvalue weighted by atomic mass is 10.2. The minimum atomic E-state index is -0.495. The zero-order chi connectivity index (χ0) is 20.8. The van der Waals surface area contributed by atoms with Crippen LogP contribution in [0.4, 0.5) is 11.4 Å². The van der Waals surface area contributed by atoms with Gasteiger partial charge in [0.05, 0.1) is 19.9 Å². The number of benzene rings is 2. The number of carbonyl (C=O) groups excluding carboxylic acids is 2. The van der Waals surface area contributed by atoms with Crippen LogP contribution in [0.3, 0.4) is 0 Å². The normalized spacial score (nSPS) is 17.5. The largest absolute Gasteiger partial charge is 0.497 e. The number of nitrogens with one attached hydrogen (secondary N) is 1. The Morgan fingerprint density at radius 3 is 2.21 bits per heavy atom. The molecule has 8 heteroatoms. The lowest BCUT2D eigenvalue weighted by Crippen LogP contribution is -2.33. The summed E-state index contributed by atoms with van der Waals surface area (Å²) in [6.45, 7) is 2.39. The van der Waals surface area contributed by atoms with Gasteiger partial charge in [-0.05, 0) is 55.5 Å². The highest BCUT2D eigenvalue weighted by Gasteiger charge is 2.38. The Kier molecular flexibility index (Phi) is 6.77. The van der Waals surface area contributed by atoms with Gasteiger partial charge in [0, 0.05) is 18.7 Å². The molecule has 1 aliphatic rings. The van der Waals surface area contributed by atoms with Crippen molar-refractivity contribution in [3.63, 3.8) is 0 Å². The molecule has 2 amide bonds. The Labute approximate surface area is 174 Å². The van der Waals surface area contributed by atoms with Crippen LogP contribution < -0.4 is 14.8 Å². The van der Waals surface area contributed by atoms with Crippen LogP contribution in [0.1, 0.15) is 13.3 Å². The number of thioether (sulfide) groups is 1. The van der Waals surface area contributed by atoms with Crippen LogP contribution in [0, 0.1) is 0 Å². The molecule has 1 saturated heterocycles. The Balaban J connectivity index is 1.67. The molecule has 1 atom stereocenters. The van der Waals surface area contributed by atoms with Gasteiger partial charge in [-0.2, -0.15) is 0 Å². The first-order valence-corrected chi connectivity index (χ1v) is 10.1. The summed E-state index contributed by atoms with van der Waals surface area (Å²) in [5.41, 5.74) is 1.38. The lowest BCUT2D eigenvalue weighted by Gasteiger charge is -2.13. The Morgan fingerprint density at radius 2 is 1.66 bits per heavy atom. The van der Waals surface area contributed by atoms with Crippen molar-refractivity contribution < 1.29 is 19.1 Å². The van der Waals surface area contributed by atoms with Crippen LogP contribution in [0.5, 0.6) is 11.5 Å². The molecule has 1 fully saturated rings. The van der Waals surface area contributed by atoms with Gasteiger partial charge in [0.25, 0.3) is 0 Å². The van der Waals surface area contributed by atoms with Gasteiger partial charge in [-0.1, -0.05) is 11.8 Å². The van der Waals surface area contributed by atoms with E-state index in [4.69, 9.17) is 9.47 Å². The highest BCUT2D eigenvalue weighted by molar-refractivity contribution is 8.15. The van der Waals surface area contributed by atoms with Crippen molar-refractivity contribution in [3.05, 3.63) is 48.5 Å². The van der Waals surface area contributed by atoms with Crippen LogP contribution in [0.15, 0.2) is 53.5 Å². The van der Waals surface area contributed by atoms with Crippen molar-refractivity contribution in [2.45, 2.75) is 18.6 Å². The molecule has 1 N–H and O–H groups in total. The standard InChI is InChI=1S/C21H23N3O4S/c1-4-24-20(26)18(13-19(25)22-14-5-9-16(27-2)10-6-14)29-21(24)23-15-7-11-17(28-3)12-8-15/h5-12,18H,4,13H2,1-3H3,(H,22,25)/t18-/m0/s1. The van der Waals surface area contributed by atoms with Crippen LogP contribution in [0.2, 0.25) is 0 Å². The first kappa shape index (κ1) is 20.7. The number of nitrogens with zero attached hydrogens (tertiary/aromatic N) is 2. The maximum absolute atomic E-state index is 12.7. The van der Waals surface area contributed by atoms with Gasteiger partial charge in [-0.15, -0.1) is 0 Å². The summed E-state index contributed by atoms with van der Waals surface area (Å²) in [6, 6.07) is 14.3. The van der Waals surface area contributed by atoms with Crippen LogP contribution in [-0.4, -0.2) is 47.9 Å². The molecule has 2 aromatic rings. The summed E-state index contributed by atoms with van der Waals surface area (Å²) in [7, 11) is 3.19. The van der Waals surface area contributed by atoms with Gasteiger partial charge < -0.3 is 14.8 Å². The van der Waals surface area contributed by atoms with E-state index in [-0.39, 0.29) is 18.2 Å². The quantitative estimate of drug-likeness (QED) is 0.749. The third-order valence-corrected chi connectivity index (χ3v) is 5.55. The van der Waals surface area contributed by atoms with Crippen LogP contribution in [0.25, 0.3) is 0 Å². The second kappa shape index (κ2) is 9.47. The predicted molar refractivity (Wildman–Crippen MR) is 115 cm³/mol. The zero-order valence-electron chi connectivity index (χ0n) is 16.5. The SMILES string of the molecule is CCN1C(=O)[C@H](CC(=O)Nc2ccc(OC)cc2)SC1=Nc1ccc(OC)cc1. The Morgan fingerprint density at radius 1 is 1.07 bits per heavy atom. The number of carbonyl (C=O) groups is 2. The van der Waals surface area contributed by atoms with Crippen molar-refractivity contribution in [1.29, 1.82) is 0 Å². The molecule has 0 bridgehead atoms. The molecule has 29 heavy (non-hydrogen) atoms. The number of amides is 2. The van der Waals surface area contributed by atoms with Gasteiger partial charge in [0.15, 0.2) is 5.17 Å². The number of methoxy groups -OCH3 is 2. The maximum Gasteiger partial charge on any atom is 0.242 e. The second-order valence-electron chi connectivity index (χ2n) is 6.26. The first-order chi connectivity index (χ1) is 14.0. The smallest absolute Gasteiger partial charge is 0.242 e. The Bertz CT molecular complexity index is 897. The summed E-state index contributed by atoms with van der Waals surface area (Å²) >= 11 is 1.32. The van der Waals surface area contributed by atoms with E-state index < -0.39 is 5.25 Å². The lowest BCUT2D eigenvalue weighted by molar-refractivity contribution is -0.128. The third-order valence-electron chi connectivity index (χ3n) is 4.38. The topological polar surface area (TPSA) is 80.2 Å². The molecule has 2 aromatic carbocycles. The number of amidine groups is 1. The van der Waals surface area contributed by atoms with E-state index in [2.05, 4.69) is 10.3 Å². The minimum absolute atomic E-state index is 0.0770. The van der Waals surface area contributed by atoms with Gasteiger partial charge in [0.1, 0.15) is 16.7 Å². The molecule has 0 unspecified atom stereocenters. The van der Waals surface area contributed by atoms with Gasteiger partial charge in [0.2, 0.25) is 11.8 Å². The van der Waals surface area contributed by atoms with Crippen molar-refractivity contribution >= 4 is 40.1 Å². The number of anilines is 1. The van der Waals surface area contributed by atoms with Crippen LogP contribution >= 0.6 is 11.8 Å². The van der Waals surface area contributed by atoms with Gasteiger partial charge in [-0.25, -0.2) is 4.99 Å². The average Bonchev–Trinajstić information content (AvgIpc) is 3.03. The number of rotatable bonds is 7. The molecule has 0 aromatic heterocycles. The number of hydrogen-bond acceptors (Lipinski definition) is 6. The molecule has 1 aliphatic heterocycles. The summed E-state index contributed by atoms with van der Waals surface area (Å²) < 4.78 is 10.3. The third kappa shape index (κ3) is 5.08. The molecule has 0 radical (unpaired) electrons. The van der Waals surface area contributed by atoms with Crippen molar-refractivity contribution in [2.24, 2.45) is 4.99 Å². The molecule has 7 nitrogen and oxygen atoms in total. The summed E-state index contributed by atoms with van der Waals surface area (Å²) in [5.74, 6) is 1.13. The van der Waals surface area contributed by atoms with E-state index >= 15 is 0 Å². The molecular formula is C21H23N3O4S. The van der Waals surface area contributed by atoms with Crippen molar-refractivity contribution in [1.82, 2.24) is 4.90 Å². The van der Waals surface area contributed by atoms with Gasteiger partial charge in [-0.3, -0.25) is 14.5 Å². The number of hydrogen-bond donors (Lipinski definition) is 1. The van der Waals surface area contributed by atoms with E-state index in [1.54, 1.807) is 43.4 Å². The van der Waals surface area contributed by atoms with Crippen LogP contribution in [-0.2, 0) is 9.59 Å². The van der Waals surface area contributed by atoms with E-state index in [0.29, 0.717) is 23.1 Å². The molecule has 152 valence electrons. The summed E-state index contributed by atoms with van der Waals surface area (Å²) in [6.07, 6.45) is 0.0770. The molecule has 0 spiro atoms. The summed E-state index contributed by atoms with van der Waals surface area (Å²) in [4.78, 5) is 31.3. The fourth-order valence-corrected chi connectivity index (χ4v) is 4.06. The monoisotopic (exact) mass is 413 g/mol. The minimum Gasteiger partial charge on any atom is -0.497 e. The fraction of sp³-hybridized carbons (Fsp3) is 0.286. The predicted octanol–water partition coefficient (Wildman–Crippen LogP) is 3.68. The number of aliphatic imine (C=N–C) groups is 1. The maximum atomic E-state index is 12.7. The molecule has 1 heterocycles. The van der Waals surface area contributed by atoms with E-state index in [0.717, 1.165) is 11.4 Å². The second-order valence-corrected chi connectivity index (χ2v) is 7.43. The zero-order valence-corrected chi connectivity index (χ0v) is 17.4. The van der Waals surface area contributed by atoms with E-state index in [1.165, 1.54) is 11.8 Å². The van der Waals surface area contributed by atoms with E-state index in [1.807, 2.05) is 31.2 Å². The van der Waals surface area contributed by atoms with Crippen molar-refractivity contribution in [3.8, 4) is 11.5 Å². The highest BCUT2D eigenvalue weighted by atomic mass is 32.2. The summed E-state index contributed by atoms with van der Waals surface area (Å²) in [5, 5.41) is 2.92. The van der Waals surface area contributed by atoms with E-state index in [9.17, 15) is 9.59 Å². The molecule has 0 aliphatic carbocycles. The molecule has 3 rings (SSSR count). The average molecular weight is 413 g/mol. The Hall–Kier alpha value is -3.00. The fourth-order valence-electron chi connectivity index (χ4n) is 2.84. The highest BCUT2D eigenvalue weighted by Crippen LogP contribution is 2.32. The first-order valence-electron chi connectivity index (χ1n) is 9.18. The molecule has 0 saturated carbocycles. The van der Waals surface area contributed by atoms with Gasteiger partial charge >= 0.3 is 0 Å². The van der Waals surface area contributed by atoms with Crippen molar-refractivity contribution in [2.75, 3.05) is 26.1 Å².